The summed E-state index contributed by atoms with van der Waals surface area (Å²) in [5.74, 6) is -1.94. The summed E-state index contributed by atoms with van der Waals surface area (Å²) in [7, 11) is 0. The molecule has 0 radical (unpaired) electrons. The van der Waals surface area contributed by atoms with E-state index in [0.29, 0.717) is 27.1 Å². The number of hydrogen-bond donors (Lipinski definition) is 4. The molecule has 0 saturated heterocycles. The van der Waals surface area contributed by atoms with Crippen molar-refractivity contribution in [2.75, 3.05) is 10.6 Å². The van der Waals surface area contributed by atoms with Crippen molar-refractivity contribution in [3.05, 3.63) is 117 Å². The fourth-order valence-electron chi connectivity index (χ4n) is 3.49. The fraction of sp³-hybridized carbons (Fsp3) is 0.103. The van der Waals surface area contributed by atoms with E-state index in [0.717, 1.165) is 16.8 Å². The first-order valence-electron chi connectivity index (χ1n) is 11.3. The van der Waals surface area contributed by atoms with Gasteiger partial charge in [-0.05, 0) is 73.9 Å². The summed E-state index contributed by atoms with van der Waals surface area (Å²) in [5, 5.41) is 25.3. The molecule has 8 heteroatoms. The molecule has 4 aromatic rings. The number of benzene rings is 4. The van der Waals surface area contributed by atoms with Crippen LogP contribution in [0.25, 0.3) is 0 Å². The number of aromatic carboxylic acids is 2. The quantitative estimate of drug-likeness (QED) is 0.197. The predicted molar refractivity (Wildman–Crippen MR) is 150 cm³/mol. The van der Waals surface area contributed by atoms with Gasteiger partial charge in [0.1, 0.15) is 0 Å². The standard InChI is InChI=1S/C15H15NO2.C14H11Cl2NO2/c1-10-6-5-9-13(11(10)2)16-14-8-4-3-7-12(14)15(17)18;1-8-6-7-10(15)13(12(8)16)17-11-5-3-2-4-9(11)14(18)19/h3-9,16H,1-2H3,(H,17,18);2-7,17H,1H3,(H,18,19). The van der Waals surface area contributed by atoms with Gasteiger partial charge in [-0.25, -0.2) is 9.59 Å². The number of para-hydroxylation sites is 2. The SMILES string of the molecule is Cc1ccc(Cl)c(Nc2ccccc2C(=O)O)c1Cl.Cc1cccc(Nc2ccccc2C(=O)O)c1C. The molecule has 0 aliphatic rings. The summed E-state index contributed by atoms with van der Waals surface area (Å²) in [6.45, 7) is 5.90. The molecular formula is C29H26Cl2N2O4. The number of carbonyl (C=O) groups is 2. The lowest BCUT2D eigenvalue weighted by Gasteiger charge is -2.13. The summed E-state index contributed by atoms with van der Waals surface area (Å²) < 4.78 is 0. The largest absolute Gasteiger partial charge is 0.478 e. The van der Waals surface area contributed by atoms with Crippen molar-refractivity contribution in [3.8, 4) is 0 Å². The maximum Gasteiger partial charge on any atom is 0.337 e. The van der Waals surface area contributed by atoms with Gasteiger partial charge >= 0.3 is 11.9 Å². The zero-order chi connectivity index (χ0) is 27.1. The van der Waals surface area contributed by atoms with Gasteiger partial charge < -0.3 is 20.8 Å². The average molecular weight is 537 g/mol. The monoisotopic (exact) mass is 536 g/mol. The third-order valence-corrected chi connectivity index (χ3v) is 6.53. The Balaban J connectivity index is 0.000000206. The van der Waals surface area contributed by atoms with Crippen LogP contribution >= 0.6 is 23.2 Å². The Kier molecular flexibility index (Phi) is 9.17. The molecule has 4 rings (SSSR count). The van der Waals surface area contributed by atoms with Crippen LogP contribution in [0.2, 0.25) is 10.0 Å². The molecule has 0 saturated carbocycles. The van der Waals surface area contributed by atoms with E-state index in [1.807, 2.05) is 45.0 Å². The Morgan fingerprint density at radius 2 is 1.14 bits per heavy atom. The van der Waals surface area contributed by atoms with Gasteiger partial charge in [-0.2, -0.15) is 0 Å². The van der Waals surface area contributed by atoms with Crippen LogP contribution in [0.1, 0.15) is 37.4 Å². The van der Waals surface area contributed by atoms with E-state index in [1.165, 1.54) is 11.6 Å². The Bertz CT molecular complexity index is 1450. The normalized spacial score (nSPS) is 10.2. The molecule has 0 unspecified atom stereocenters. The highest BCUT2D eigenvalue weighted by molar-refractivity contribution is 6.39. The van der Waals surface area contributed by atoms with Gasteiger partial charge in [0.05, 0.1) is 38.2 Å². The third-order valence-electron chi connectivity index (χ3n) is 5.73. The summed E-state index contributed by atoms with van der Waals surface area (Å²) in [4.78, 5) is 22.3. The van der Waals surface area contributed by atoms with Crippen molar-refractivity contribution in [1.82, 2.24) is 0 Å². The Morgan fingerprint density at radius 3 is 1.70 bits per heavy atom. The lowest BCUT2D eigenvalue weighted by Crippen LogP contribution is -2.03. The summed E-state index contributed by atoms with van der Waals surface area (Å²) >= 11 is 12.3. The molecule has 0 aliphatic heterocycles. The molecule has 0 heterocycles. The molecule has 0 bridgehead atoms. The minimum Gasteiger partial charge on any atom is -0.478 e. The van der Waals surface area contributed by atoms with Gasteiger partial charge in [0, 0.05) is 5.69 Å². The maximum atomic E-state index is 11.1. The number of aryl methyl sites for hydroxylation is 2. The van der Waals surface area contributed by atoms with Crippen LogP contribution < -0.4 is 10.6 Å². The Morgan fingerprint density at radius 1 is 0.622 bits per heavy atom. The number of hydrogen-bond acceptors (Lipinski definition) is 4. The summed E-state index contributed by atoms with van der Waals surface area (Å²) in [6, 6.07) is 22.9. The third kappa shape index (κ3) is 6.82. The molecule has 0 aliphatic carbocycles. The molecule has 0 fully saturated rings. The van der Waals surface area contributed by atoms with Crippen molar-refractivity contribution in [3.63, 3.8) is 0 Å². The lowest BCUT2D eigenvalue weighted by atomic mass is 10.1. The van der Waals surface area contributed by atoms with Crippen LogP contribution in [0, 0.1) is 20.8 Å². The molecule has 0 spiro atoms. The molecule has 4 aromatic carbocycles. The molecule has 6 nitrogen and oxygen atoms in total. The highest BCUT2D eigenvalue weighted by Crippen LogP contribution is 2.36. The van der Waals surface area contributed by atoms with Crippen LogP contribution in [0.15, 0.2) is 78.9 Å². The summed E-state index contributed by atoms with van der Waals surface area (Å²) in [6.07, 6.45) is 0. The Labute approximate surface area is 225 Å². The van der Waals surface area contributed by atoms with Crippen LogP contribution in [0.3, 0.4) is 0 Å². The van der Waals surface area contributed by atoms with Gasteiger partial charge in [0.25, 0.3) is 0 Å². The fourth-order valence-corrected chi connectivity index (χ4v) is 3.96. The minimum atomic E-state index is -1.01. The smallest absolute Gasteiger partial charge is 0.337 e. The molecule has 4 N–H and O–H groups in total. The molecular weight excluding hydrogens is 511 g/mol. The molecule has 0 atom stereocenters. The number of anilines is 4. The van der Waals surface area contributed by atoms with E-state index < -0.39 is 11.9 Å². The second kappa shape index (κ2) is 12.3. The number of carboxylic acids is 2. The zero-order valence-electron chi connectivity index (χ0n) is 20.5. The van der Waals surface area contributed by atoms with Gasteiger partial charge in [-0.3, -0.25) is 0 Å². The van der Waals surface area contributed by atoms with Crippen LogP contribution in [0.5, 0.6) is 0 Å². The first-order valence-corrected chi connectivity index (χ1v) is 12.0. The highest BCUT2D eigenvalue weighted by Gasteiger charge is 2.14. The Hall–Kier alpha value is -4.00. The van der Waals surface area contributed by atoms with E-state index >= 15 is 0 Å². The van der Waals surface area contributed by atoms with E-state index in [9.17, 15) is 9.59 Å². The average Bonchev–Trinajstić information content (AvgIpc) is 2.88. The number of nitrogens with one attached hydrogen (secondary N) is 2. The van der Waals surface area contributed by atoms with E-state index in [1.54, 1.807) is 48.5 Å². The minimum absolute atomic E-state index is 0.163. The predicted octanol–water partition coefficient (Wildman–Crippen LogP) is 8.49. The van der Waals surface area contributed by atoms with E-state index in [4.69, 9.17) is 33.4 Å². The number of halogens is 2. The first-order chi connectivity index (χ1) is 17.6. The first kappa shape index (κ1) is 27.6. The number of rotatable bonds is 6. The van der Waals surface area contributed by atoms with Gasteiger partial charge in [-0.1, -0.05) is 65.7 Å². The lowest BCUT2D eigenvalue weighted by molar-refractivity contribution is 0.0687. The van der Waals surface area contributed by atoms with Gasteiger partial charge in [-0.15, -0.1) is 0 Å². The van der Waals surface area contributed by atoms with Crippen LogP contribution in [-0.4, -0.2) is 22.2 Å². The van der Waals surface area contributed by atoms with Crippen LogP contribution in [-0.2, 0) is 0 Å². The summed E-state index contributed by atoms with van der Waals surface area (Å²) in [5.41, 5.74) is 6.10. The van der Waals surface area contributed by atoms with Crippen molar-refractivity contribution < 1.29 is 19.8 Å². The van der Waals surface area contributed by atoms with Crippen LogP contribution in [0.4, 0.5) is 22.7 Å². The van der Waals surface area contributed by atoms with Gasteiger partial charge in [0.15, 0.2) is 0 Å². The molecule has 0 amide bonds. The van der Waals surface area contributed by atoms with E-state index in [2.05, 4.69) is 10.6 Å². The maximum absolute atomic E-state index is 11.1. The van der Waals surface area contributed by atoms with E-state index in [-0.39, 0.29) is 11.1 Å². The second-order valence-corrected chi connectivity index (χ2v) is 9.04. The highest BCUT2D eigenvalue weighted by atomic mass is 35.5. The topological polar surface area (TPSA) is 98.7 Å². The van der Waals surface area contributed by atoms with Crippen molar-refractivity contribution >= 4 is 57.9 Å². The second-order valence-electron chi connectivity index (χ2n) is 8.25. The molecule has 37 heavy (non-hydrogen) atoms. The van der Waals surface area contributed by atoms with Gasteiger partial charge in [0.2, 0.25) is 0 Å². The zero-order valence-corrected chi connectivity index (χ0v) is 22.0. The van der Waals surface area contributed by atoms with Crippen molar-refractivity contribution in [2.45, 2.75) is 20.8 Å². The molecule has 0 aromatic heterocycles. The van der Waals surface area contributed by atoms with Crippen molar-refractivity contribution in [1.29, 1.82) is 0 Å². The molecule has 190 valence electrons. The number of carboxylic acid groups (broad SMARTS) is 2. The van der Waals surface area contributed by atoms with Crippen molar-refractivity contribution in [2.24, 2.45) is 0 Å².